The first-order valence-corrected chi connectivity index (χ1v) is 4.29. The number of rotatable bonds is 1. The summed E-state index contributed by atoms with van der Waals surface area (Å²) in [7, 11) is 0. The van der Waals surface area contributed by atoms with Crippen LogP contribution in [-0.2, 0) is 0 Å². The van der Waals surface area contributed by atoms with E-state index >= 15 is 0 Å². The lowest BCUT2D eigenvalue weighted by Crippen LogP contribution is -1.87. The first-order valence-electron chi connectivity index (χ1n) is 4.29. The van der Waals surface area contributed by atoms with Gasteiger partial charge >= 0.3 is 0 Å². The summed E-state index contributed by atoms with van der Waals surface area (Å²) in [6.07, 6.45) is 0.891. The predicted molar refractivity (Wildman–Crippen MR) is 54.1 cm³/mol. The van der Waals surface area contributed by atoms with E-state index in [4.69, 9.17) is 5.11 Å². The van der Waals surface area contributed by atoms with Crippen LogP contribution >= 0.6 is 0 Å². The molecule has 0 heterocycles. The SMILES string of the molecule is CCO.Cc1cccc(C=O)c1C. The van der Waals surface area contributed by atoms with E-state index in [0.717, 1.165) is 17.4 Å². The molecule has 0 aliphatic heterocycles. The number of benzene rings is 1. The summed E-state index contributed by atoms with van der Waals surface area (Å²) in [5.74, 6) is 0. The second-order valence-corrected chi connectivity index (χ2v) is 2.72. The molecule has 0 aliphatic rings. The van der Waals surface area contributed by atoms with Crippen molar-refractivity contribution in [2.24, 2.45) is 0 Å². The third-order valence-electron chi connectivity index (χ3n) is 1.77. The Labute approximate surface area is 79.2 Å². The van der Waals surface area contributed by atoms with Crippen LogP contribution < -0.4 is 0 Å². The lowest BCUT2D eigenvalue weighted by atomic mass is 10.1. The summed E-state index contributed by atoms with van der Waals surface area (Å²) in [6.45, 7) is 5.89. The van der Waals surface area contributed by atoms with Crippen LogP contribution in [0.15, 0.2) is 18.2 Å². The molecule has 1 aromatic rings. The summed E-state index contributed by atoms with van der Waals surface area (Å²) < 4.78 is 0. The molecule has 0 spiro atoms. The topological polar surface area (TPSA) is 37.3 Å². The van der Waals surface area contributed by atoms with Gasteiger partial charge in [0, 0.05) is 12.2 Å². The van der Waals surface area contributed by atoms with Crippen LogP contribution in [0.4, 0.5) is 0 Å². The monoisotopic (exact) mass is 180 g/mol. The Morgan fingerprint density at radius 2 is 1.92 bits per heavy atom. The van der Waals surface area contributed by atoms with Crippen molar-refractivity contribution in [1.29, 1.82) is 0 Å². The molecule has 0 amide bonds. The first-order chi connectivity index (χ1) is 6.17. The van der Waals surface area contributed by atoms with Gasteiger partial charge in [-0.3, -0.25) is 4.79 Å². The van der Waals surface area contributed by atoms with E-state index in [9.17, 15) is 4.79 Å². The van der Waals surface area contributed by atoms with E-state index in [0.29, 0.717) is 0 Å². The Balaban J connectivity index is 0.000000424. The minimum atomic E-state index is 0.250. The number of carbonyl (C=O) groups is 1. The second kappa shape index (κ2) is 6.38. The molecule has 0 fully saturated rings. The molecule has 1 aromatic carbocycles. The molecule has 0 atom stereocenters. The highest BCUT2D eigenvalue weighted by atomic mass is 16.2. The van der Waals surface area contributed by atoms with E-state index < -0.39 is 0 Å². The van der Waals surface area contributed by atoms with E-state index in [-0.39, 0.29) is 6.61 Å². The zero-order valence-corrected chi connectivity index (χ0v) is 8.37. The van der Waals surface area contributed by atoms with Crippen LogP contribution in [0, 0.1) is 13.8 Å². The minimum absolute atomic E-state index is 0.250. The third kappa shape index (κ3) is 3.85. The lowest BCUT2D eigenvalue weighted by Gasteiger charge is -1.99. The van der Waals surface area contributed by atoms with Gasteiger partial charge < -0.3 is 5.11 Å². The van der Waals surface area contributed by atoms with Gasteiger partial charge in [-0.05, 0) is 31.9 Å². The van der Waals surface area contributed by atoms with Gasteiger partial charge in [0.15, 0.2) is 0 Å². The Bertz CT molecular complexity index is 267. The fourth-order valence-electron chi connectivity index (χ4n) is 0.901. The molecule has 2 nitrogen and oxygen atoms in total. The molecule has 1 N–H and O–H groups in total. The fourth-order valence-corrected chi connectivity index (χ4v) is 0.901. The Morgan fingerprint density at radius 3 is 2.31 bits per heavy atom. The van der Waals surface area contributed by atoms with Crippen LogP contribution in [0.1, 0.15) is 28.4 Å². The van der Waals surface area contributed by atoms with Gasteiger partial charge in [-0.25, -0.2) is 0 Å². The maximum absolute atomic E-state index is 10.4. The number of aryl methyl sites for hydroxylation is 1. The lowest BCUT2D eigenvalue weighted by molar-refractivity contribution is 0.112. The van der Waals surface area contributed by atoms with Crippen LogP contribution in [0.25, 0.3) is 0 Å². The zero-order valence-electron chi connectivity index (χ0n) is 8.37. The fraction of sp³-hybridized carbons (Fsp3) is 0.364. The van der Waals surface area contributed by atoms with Gasteiger partial charge in [0.05, 0.1) is 0 Å². The first kappa shape index (κ1) is 11.8. The Kier molecular flexibility index (Phi) is 5.81. The normalized spacial score (nSPS) is 8.62. The molecular formula is C11H16O2. The number of hydrogen-bond acceptors (Lipinski definition) is 2. The van der Waals surface area contributed by atoms with Gasteiger partial charge in [-0.2, -0.15) is 0 Å². The van der Waals surface area contributed by atoms with E-state index in [1.807, 2.05) is 32.0 Å². The van der Waals surface area contributed by atoms with Crippen molar-refractivity contribution in [1.82, 2.24) is 0 Å². The quantitative estimate of drug-likeness (QED) is 0.672. The van der Waals surface area contributed by atoms with Crippen LogP contribution in [0.5, 0.6) is 0 Å². The van der Waals surface area contributed by atoms with E-state index in [1.54, 1.807) is 6.92 Å². The maximum Gasteiger partial charge on any atom is 0.150 e. The number of aldehydes is 1. The summed E-state index contributed by atoms with van der Waals surface area (Å²) in [5.41, 5.74) is 3.04. The van der Waals surface area contributed by atoms with Crippen LogP contribution in [-0.4, -0.2) is 18.0 Å². The molecule has 13 heavy (non-hydrogen) atoms. The molecule has 0 aliphatic carbocycles. The second-order valence-electron chi connectivity index (χ2n) is 2.72. The highest BCUT2D eigenvalue weighted by Gasteiger charge is 1.96. The van der Waals surface area contributed by atoms with Crippen molar-refractivity contribution in [3.05, 3.63) is 34.9 Å². The molecule has 2 heteroatoms. The van der Waals surface area contributed by atoms with Gasteiger partial charge in [-0.15, -0.1) is 0 Å². The van der Waals surface area contributed by atoms with Crippen LogP contribution in [0.2, 0.25) is 0 Å². The Morgan fingerprint density at radius 1 is 1.38 bits per heavy atom. The van der Waals surface area contributed by atoms with Crippen molar-refractivity contribution >= 4 is 6.29 Å². The van der Waals surface area contributed by atoms with Crippen molar-refractivity contribution in [2.45, 2.75) is 20.8 Å². The average molecular weight is 180 g/mol. The van der Waals surface area contributed by atoms with E-state index in [2.05, 4.69) is 0 Å². The summed E-state index contributed by atoms with van der Waals surface area (Å²) in [4.78, 5) is 10.4. The average Bonchev–Trinajstić information content (AvgIpc) is 2.11. The van der Waals surface area contributed by atoms with Crippen molar-refractivity contribution in [2.75, 3.05) is 6.61 Å². The number of aliphatic hydroxyl groups is 1. The molecule has 0 saturated heterocycles. The summed E-state index contributed by atoms with van der Waals surface area (Å²) in [5, 5.41) is 7.57. The molecule has 0 radical (unpaired) electrons. The van der Waals surface area contributed by atoms with Gasteiger partial charge in [0.1, 0.15) is 6.29 Å². The number of carbonyl (C=O) groups excluding carboxylic acids is 1. The molecule has 1 rings (SSSR count). The molecule has 0 bridgehead atoms. The van der Waals surface area contributed by atoms with Gasteiger partial charge in [-0.1, -0.05) is 18.2 Å². The summed E-state index contributed by atoms with van der Waals surface area (Å²) in [6, 6.07) is 5.73. The predicted octanol–water partition coefficient (Wildman–Crippen LogP) is 2.11. The largest absolute Gasteiger partial charge is 0.397 e. The van der Waals surface area contributed by atoms with Gasteiger partial charge in [0.2, 0.25) is 0 Å². The standard InChI is InChI=1S/C9H10O.C2H6O/c1-7-4-3-5-9(6-10)8(7)2;1-2-3/h3-6H,1-2H3;3H,2H2,1H3. The van der Waals surface area contributed by atoms with Crippen molar-refractivity contribution < 1.29 is 9.90 Å². The summed E-state index contributed by atoms with van der Waals surface area (Å²) >= 11 is 0. The highest BCUT2D eigenvalue weighted by molar-refractivity contribution is 5.77. The Hall–Kier alpha value is -1.15. The maximum atomic E-state index is 10.4. The molecule has 0 aromatic heterocycles. The van der Waals surface area contributed by atoms with Crippen molar-refractivity contribution in [3.63, 3.8) is 0 Å². The molecule has 72 valence electrons. The molecule has 0 unspecified atom stereocenters. The minimum Gasteiger partial charge on any atom is -0.397 e. The number of hydrogen-bond donors (Lipinski definition) is 1. The molecular weight excluding hydrogens is 164 g/mol. The van der Waals surface area contributed by atoms with Crippen molar-refractivity contribution in [3.8, 4) is 0 Å². The smallest absolute Gasteiger partial charge is 0.150 e. The van der Waals surface area contributed by atoms with E-state index in [1.165, 1.54) is 5.56 Å². The van der Waals surface area contributed by atoms with Crippen LogP contribution in [0.3, 0.4) is 0 Å². The molecule has 0 saturated carbocycles. The zero-order chi connectivity index (χ0) is 10.3. The third-order valence-corrected chi connectivity index (χ3v) is 1.77. The number of aliphatic hydroxyl groups excluding tert-OH is 1. The van der Waals surface area contributed by atoms with Gasteiger partial charge in [0.25, 0.3) is 0 Å². The highest BCUT2D eigenvalue weighted by Crippen LogP contribution is 2.09.